The van der Waals surface area contributed by atoms with Crippen LogP contribution in [0.5, 0.6) is 0 Å². The standard InChI is InChI=1S/C9H12N4O/c14-9-3-7(5-13-9)12-6-8-4-10-1-2-11-8/h1-2,4,7,12H,3,5-6H2,(H,13,14). The monoisotopic (exact) mass is 192 g/mol. The largest absolute Gasteiger partial charge is 0.354 e. The van der Waals surface area contributed by atoms with Crippen LogP contribution >= 0.6 is 0 Å². The predicted molar refractivity (Wildman–Crippen MR) is 50.3 cm³/mol. The van der Waals surface area contributed by atoms with Crippen molar-refractivity contribution in [2.75, 3.05) is 6.54 Å². The van der Waals surface area contributed by atoms with E-state index < -0.39 is 0 Å². The Bertz CT molecular complexity index is 314. The van der Waals surface area contributed by atoms with Gasteiger partial charge in [-0.15, -0.1) is 0 Å². The van der Waals surface area contributed by atoms with Crippen molar-refractivity contribution in [3.05, 3.63) is 24.3 Å². The van der Waals surface area contributed by atoms with E-state index in [1.165, 1.54) is 0 Å². The molecule has 0 bridgehead atoms. The van der Waals surface area contributed by atoms with Crippen molar-refractivity contribution in [3.63, 3.8) is 0 Å². The fraction of sp³-hybridized carbons (Fsp3) is 0.444. The van der Waals surface area contributed by atoms with Crippen molar-refractivity contribution in [1.29, 1.82) is 0 Å². The molecule has 1 atom stereocenters. The number of carbonyl (C=O) groups excluding carboxylic acids is 1. The Hall–Kier alpha value is -1.49. The minimum absolute atomic E-state index is 0.113. The highest BCUT2D eigenvalue weighted by molar-refractivity contribution is 5.78. The van der Waals surface area contributed by atoms with Crippen LogP contribution in [0.1, 0.15) is 12.1 Å². The molecule has 14 heavy (non-hydrogen) atoms. The summed E-state index contributed by atoms with van der Waals surface area (Å²) in [5, 5.41) is 6.01. The molecule has 1 aliphatic heterocycles. The molecular formula is C9H12N4O. The summed E-state index contributed by atoms with van der Waals surface area (Å²) in [6, 6.07) is 0.226. The topological polar surface area (TPSA) is 66.9 Å². The molecule has 0 aliphatic carbocycles. The number of nitrogens with one attached hydrogen (secondary N) is 2. The number of carbonyl (C=O) groups is 1. The lowest BCUT2D eigenvalue weighted by atomic mass is 10.2. The average molecular weight is 192 g/mol. The minimum atomic E-state index is 0.113. The van der Waals surface area contributed by atoms with Gasteiger partial charge in [0.25, 0.3) is 0 Å². The molecule has 1 aromatic heterocycles. The molecule has 0 aromatic carbocycles. The molecule has 1 fully saturated rings. The molecule has 2 N–H and O–H groups in total. The van der Waals surface area contributed by atoms with Gasteiger partial charge < -0.3 is 10.6 Å². The smallest absolute Gasteiger partial charge is 0.221 e. The number of hydrogen-bond acceptors (Lipinski definition) is 4. The quantitative estimate of drug-likeness (QED) is 0.674. The first kappa shape index (κ1) is 9.08. The molecule has 1 saturated heterocycles. The van der Waals surface area contributed by atoms with Crippen LogP contribution in [-0.2, 0) is 11.3 Å². The molecule has 0 radical (unpaired) electrons. The Morgan fingerprint density at radius 1 is 1.57 bits per heavy atom. The molecule has 1 amide bonds. The third-order valence-electron chi connectivity index (χ3n) is 2.17. The van der Waals surface area contributed by atoms with Gasteiger partial charge in [0.05, 0.1) is 5.69 Å². The van der Waals surface area contributed by atoms with E-state index in [2.05, 4.69) is 20.6 Å². The maximum Gasteiger partial charge on any atom is 0.221 e. The van der Waals surface area contributed by atoms with Crippen molar-refractivity contribution in [2.24, 2.45) is 0 Å². The van der Waals surface area contributed by atoms with E-state index >= 15 is 0 Å². The SMILES string of the molecule is O=C1CC(NCc2cnccn2)CN1. The molecule has 1 aromatic rings. The first-order chi connectivity index (χ1) is 6.84. The van der Waals surface area contributed by atoms with Gasteiger partial charge in [-0.2, -0.15) is 0 Å². The van der Waals surface area contributed by atoms with Gasteiger partial charge in [0.15, 0.2) is 0 Å². The lowest BCUT2D eigenvalue weighted by molar-refractivity contribution is -0.119. The van der Waals surface area contributed by atoms with Gasteiger partial charge in [0.1, 0.15) is 0 Å². The molecule has 1 unspecified atom stereocenters. The predicted octanol–water partition coefficient (Wildman–Crippen LogP) is -0.545. The van der Waals surface area contributed by atoms with E-state index in [1.54, 1.807) is 18.6 Å². The summed E-state index contributed by atoms with van der Waals surface area (Å²) < 4.78 is 0. The van der Waals surface area contributed by atoms with Gasteiger partial charge in [0.2, 0.25) is 5.91 Å². The zero-order valence-electron chi connectivity index (χ0n) is 7.73. The maximum absolute atomic E-state index is 10.9. The van der Waals surface area contributed by atoms with Crippen LogP contribution in [0, 0.1) is 0 Å². The van der Waals surface area contributed by atoms with Gasteiger partial charge in [-0.1, -0.05) is 0 Å². The van der Waals surface area contributed by atoms with Crippen molar-refractivity contribution in [1.82, 2.24) is 20.6 Å². The highest BCUT2D eigenvalue weighted by atomic mass is 16.1. The first-order valence-corrected chi connectivity index (χ1v) is 4.59. The average Bonchev–Trinajstić information content (AvgIpc) is 2.63. The Labute approximate surface area is 82.0 Å². The minimum Gasteiger partial charge on any atom is -0.354 e. The molecule has 74 valence electrons. The fourth-order valence-corrected chi connectivity index (χ4v) is 1.42. The van der Waals surface area contributed by atoms with E-state index in [0.717, 1.165) is 5.69 Å². The van der Waals surface area contributed by atoms with Gasteiger partial charge >= 0.3 is 0 Å². The number of hydrogen-bond donors (Lipinski definition) is 2. The Morgan fingerprint density at radius 2 is 2.50 bits per heavy atom. The van der Waals surface area contributed by atoms with Crippen LogP contribution in [0.2, 0.25) is 0 Å². The Balaban J connectivity index is 1.80. The summed E-state index contributed by atoms with van der Waals surface area (Å²) in [5.41, 5.74) is 0.895. The van der Waals surface area contributed by atoms with E-state index in [4.69, 9.17) is 0 Å². The summed E-state index contributed by atoms with van der Waals surface area (Å²) in [4.78, 5) is 19.0. The van der Waals surface area contributed by atoms with Crippen molar-refractivity contribution in [2.45, 2.75) is 19.0 Å². The third kappa shape index (κ3) is 2.26. The first-order valence-electron chi connectivity index (χ1n) is 4.59. The fourth-order valence-electron chi connectivity index (χ4n) is 1.42. The van der Waals surface area contributed by atoms with Gasteiger partial charge in [-0.05, 0) is 0 Å². The van der Waals surface area contributed by atoms with Crippen molar-refractivity contribution >= 4 is 5.91 Å². The van der Waals surface area contributed by atoms with Crippen LogP contribution in [0.4, 0.5) is 0 Å². The highest BCUT2D eigenvalue weighted by Crippen LogP contribution is 2.00. The number of rotatable bonds is 3. The summed E-state index contributed by atoms with van der Waals surface area (Å²) in [5.74, 6) is 0.113. The second-order valence-electron chi connectivity index (χ2n) is 3.28. The van der Waals surface area contributed by atoms with Crippen molar-refractivity contribution < 1.29 is 4.79 Å². The summed E-state index contributed by atoms with van der Waals surface area (Å²) in [6.07, 6.45) is 5.58. The summed E-state index contributed by atoms with van der Waals surface area (Å²) in [6.45, 7) is 1.37. The molecule has 1 aliphatic rings. The normalized spacial score (nSPS) is 20.9. The Kier molecular flexibility index (Phi) is 2.69. The highest BCUT2D eigenvalue weighted by Gasteiger charge is 2.20. The zero-order chi connectivity index (χ0) is 9.80. The zero-order valence-corrected chi connectivity index (χ0v) is 7.73. The van der Waals surface area contributed by atoms with Crippen LogP contribution < -0.4 is 10.6 Å². The van der Waals surface area contributed by atoms with E-state index in [-0.39, 0.29) is 11.9 Å². The molecule has 5 nitrogen and oxygen atoms in total. The Morgan fingerprint density at radius 3 is 3.14 bits per heavy atom. The van der Waals surface area contributed by atoms with E-state index in [9.17, 15) is 4.79 Å². The summed E-state index contributed by atoms with van der Waals surface area (Å²) in [7, 11) is 0. The van der Waals surface area contributed by atoms with Gasteiger partial charge in [0, 0.05) is 44.1 Å². The number of nitrogens with zero attached hydrogens (tertiary/aromatic N) is 2. The van der Waals surface area contributed by atoms with Crippen LogP contribution in [-0.4, -0.2) is 28.5 Å². The third-order valence-corrected chi connectivity index (χ3v) is 2.17. The maximum atomic E-state index is 10.9. The molecule has 2 heterocycles. The number of aromatic nitrogens is 2. The molecule has 5 heteroatoms. The van der Waals surface area contributed by atoms with Gasteiger partial charge in [-0.3, -0.25) is 14.8 Å². The molecule has 0 saturated carbocycles. The number of amides is 1. The molecule has 2 rings (SSSR count). The van der Waals surface area contributed by atoms with Crippen LogP contribution in [0.3, 0.4) is 0 Å². The second kappa shape index (κ2) is 4.15. The molecule has 0 spiro atoms. The van der Waals surface area contributed by atoms with E-state index in [0.29, 0.717) is 19.5 Å². The lowest BCUT2D eigenvalue weighted by Crippen LogP contribution is -2.30. The second-order valence-corrected chi connectivity index (χ2v) is 3.28. The van der Waals surface area contributed by atoms with Gasteiger partial charge in [-0.25, -0.2) is 0 Å². The van der Waals surface area contributed by atoms with Crippen LogP contribution in [0.15, 0.2) is 18.6 Å². The lowest BCUT2D eigenvalue weighted by Gasteiger charge is -2.08. The van der Waals surface area contributed by atoms with Crippen molar-refractivity contribution in [3.8, 4) is 0 Å². The van der Waals surface area contributed by atoms with E-state index in [1.807, 2.05) is 0 Å². The molecular weight excluding hydrogens is 180 g/mol. The summed E-state index contributed by atoms with van der Waals surface area (Å²) >= 11 is 0. The van der Waals surface area contributed by atoms with Crippen LogP contribution in [0.25, 0.3) is 0 Å².